The lowest BCUT2D eigenvalue weighted by Gasteiger charge is -2.10. The Morgan fingerprint density at radius 2 is 1.96 bits per heavy atom. The zero-order valence-corrected chi connectivity index (χ0v) is 17.6. The fourth-order valence-corrected chi connectivity index (χ4v) is 4.73. The molecular weight excluding hydrogens is 418 g/mol. The molecule has 0 saturated heterocycles. The molecule has 3 rings (SSSR count). The molecule has 3 aromatic rings. The number of hydrogen-bond donors (Lipinski definition) is 2. The maximum Gasteiger partial charge on any atom is 0.240 e. The molecule has 28 heavy (non-hydrogen) atoms. The second-order valence-electron chi connectivity index (χ2n) is 6.04. The molecule has 0 aliphatic rings. The number of thiazole rings is 1. The van der Waals surface area contributed by atoms with Crippen LogP contribution in [0.5, 0.6) is 0 Å². The van der Waals surface area contributed by atoms with Gasteiger partial charge in [0.05, 0.1) is 22.0 Å². The minimum Gasteiger partial charge on any atom is -0.326 e. The molecule has 0 aliphatic heterocycles. The molecule has 1 heterocycles. The van der Waals surface area contributed by atoms with Crippen molar-refractivity contribution in [3.8, 4) is 10.6 Å². The predicted octanol–water partition coefficient (Wildman–Crippen LogP) is 3.86. The van der Waals surface area contributed by atoms with Gasteiger partial charge in [0.25, 0.3) is 0 Å². The highest BCUT2D eigenvalue weighted by molar-refractivity contribution is 7.89. The van der Waals surface area contributed by atoms with Gasteiger partial charge in [-0.15, -0.1) is 11.3 Å². The lowest BCUT2D eigenvalue weighted by molar-refractivity contribution is -0.115. The summed E-state index contributed by atoms with van der Waals surface area (Å²) in [6, 6.07) is 12.1. The summed E-state index contributed by atoms with van der Waals surface area (Å²) in [6.07, 6.45) is 0.0724. The summed E-state index contributed by atoms with van der Waals surface area (Å²) in [7, 11) is -2.26. The van der Waals surface area contributed by atoms with E-state index in [1.54, 1.807) is 25.1 Å². The van der Waals surface area contributed by atoms with E-state index in [1.165, 1.54) is 24.5 Å². The minimum atomic E-state index is -3.60. The largest absolute Gasteiger partial charge is 0.326 e. The Bertz CT molecular complexity index is 1130. The van der Waals surface area contributed by atoms with Gasteiger partial charge in [0, 0.05) is 16.6 Å². The third-order valence-corrected chi connectivity index (χ3v) is 6.84. The maximum absolute atomic E-state index is 12.4. The highest BCUT2D eigenvalue weighted by atomic mass is 35.5. The Balaban J connectivity index is 1.74. The number of nitrogens with one attached hydrogen (secondary N) is 2. The number of halogens is 1. The van der Waals surface area contributed by atoms with Crippen LogP contribution in [0.4, 0.5) is 5.69 Å². The van der Waals surface area contributed by atoms with Gasteiger partial charge in [-0.05, 0) is 37.7 Å². The lowest BCUT2D eigenvalue weighted by atomic mass is 10.2. The van der Waals surface area contributed by atoms with Gasteiger partial charge < -0.3 is 5.32 Å². The molecular formula is C19H18ClN3O3S2. The van der Waals surface area contributed by atoms with Gasteiger partial charge in [-0.1, -0.05) is 35.9 Å². The van der Waals surface area contributed by atoms with Crippen LogP contribution in [-0.4, -0.2) is 26.4 Å². The summed E-state index contributed by atoms with van der Waals surface area (Å²) in [5.74, 6) is -0.285. The lowest BCUT2D eigenvalue weighted by Crippen LogP contribution is -2.20. The summed E-state index contributed by atoms with van der Waals surface area (Å²) in [5.41, 5.74) is 2.44. The first-order chi connectivity index (χ1) is 13.3. The molecule has 6 nitrogen and oxygen atoms in total. The number of rotatable bonds is 6. The van der Waals surface area contributed by atoms with Crippen molar-refractivity contribution in [3.63, 3.8) is 0 Å². The first-order valence-corrected chi connectivity index (χ1v) is 11.1. The summed E-state index contributed by atoms with van der Waals surface area (Å²) < 4.78 is 26.4. The molecule has 0 bridgehead atoms. The fourth-order valence-electron chi connectivity index (χ4n) is 2.59. The van der Waals surface area contributed by atoms with Crippen molar-refractivity contribution >= 4 is 44.6 Å². The van der Waals surface area contributed by atoms with E-state index in [2.05, 4.69) is 15.0 Å². The summed E-state index contributed by atoms with van der Waals surface area (Å²) in [4.78, 5) is 17.0. The van der Waals surface area contributed by atoms with Gasteiger partial charge in [-0.25, -0.2) is 18.1 Å². The van der Waals surface area contributed by atoms with Gasteiger partial charge in [0.2, 0.25) is 15.9 Å². The molecule has 2 N–H and O–H groups in total. The van der Waals surface area contributed by atoms with Crippen LogP contribution in [0.15, 0.2) is 52.7 Å². The molecule has 0 spiro atoms. The molecule has 0 saturated carbocycles. The highest BCUT2D eigenvalue weighted by Crippen LogP contribution is 2.30. The standard InChI is InChI=1S/C19H18ClN3O3S2/c1-12-7-8-13(9-17(12)28(25,26)21-2)22-18(24)10-14-11-27-19(23-14)15-5-3-4-6-16(15)20/h3-9,11,21H,10H2,1-2H3,(H,22,24). The summed E-state index contributed by atoms with van der Waals surface area (Å²) in [6.45, 7) is 1.70. The van der Waals surface area contributed by atoms with Crippen LogP contribution in [0.1, 0.15) is 11.3 Å². The summed E-state index contributed by atoms with van der Waals surface area (Å²) in [5, 5.41) is 5.88. The van der Waals surface area contributed by atoms with E-state index in [4.69, 9.17) is 11.6 Å². The predicted molar refractivity (Wildman–Crippen MR) is 112 cm³/mol. The van der Waals surface area contributed by atoms with Crippen molar-refractivity contribution < 1.29 is 13.2 Å². The van der Waals surface area contributed by atoms with Crippen LogP contribution in [-0.2, 0) is 21.2 Å². The molecule has 0 fully saturated rings. The van der Waals surface area contributed by atoms with Gasteiger partial charge in [0.1, 0.15) is 5.01 Å². The average molecular weight is 436 g/mol. The monoisotopic (exact) mass is 435 g/mol. The second kappa shape index (κ2) is 8.40. The Labute approximate surface area is 172 Å². The molecule has 0 radical (unpaired) electrons. The van der Waals surface area contributed by atoms with Gasteiger partial charge in [-0.2, -0.15) is 0 Å². The molecule has 1 amide bonds. The number of anilines is 1. The minimum absolute atomic E-state index is 0.0724. The number of aryl methyl sites for hydroxylation is 1. The molecule has 0 unspecified atom stereocenters. The number of hydrogen-bond acceptors (Lipinski definition) is 5. The highest BCUT2D eigenvalue weighted by Gasteiger charge is 2.16. The van der Waals surface area contributed by atoms with E-state index in [0.29, 0.717) is 22.0 Å². The number of sulfonamides is 1. The normalized spacial score (nSPS) is 11.4. The number of amides is 1. The van der Waals surface area contributed by atoms with Gasteiger partial charge >= 0.3 is 0 Å². The third kappa shape index (κ3) is 4.59. The van der Waals surface area contributed by atoms with Crippen LogP contribution in [0.3, 0.4) is 0 Å². The van der Waals surface area contributed by atoms with Crippen LogP contribution < -0.4 is 10.0 Å². The Morgan fingerprint density at radius 3 is 2.68 bits per heavy atom. The number of carbonyl (C=O) groups excluding carboxylic acids is 1. The Hall–Kier alpha value is -2.26. The number of carbonyl (C=O) groups is 1. The van der Waals surface area contributed by atoms with E-state index >= 15 is 0 Å². The first kappa shape index (κ1) is 20.5. The average Bonchev–Trinajstić information content (AvgIpc) is 3.11. The Kier molecular flexibility index (Phi) is 6.14. The fraction of sp³-hybridized carbons (Fsp3) is 0.158. The van der Waals surface area contributed by atoms with E-state index < -0.39 is 10.0 Å². The number of aromatic nitrogens is 1. The SMILES string of the molecule is CNS(=O)(=O)c1cc(NC(=O)Cc2csc(-c3ccccc3Cl)n2)ccc1C. The molecule has 0 aliphatic carbocycles. The molecule has 0 atom stereocenters. The maximum atomic E-state index is 12.4. The van der Waals surface area contributed by atoms with Gasteiger partial charge in [-0.3, -0.25) is 4.79 Å². The topological polar surface area (TPSA) is 88.2 Å². The van der Waals surface area contributed by atoms with E-state index in [-0.39, 0.29) is 17.2 Å². The molecule has 146 valence electrons. The molecule has 1 aromatic heterocycles. The quantitative estimate of drug-likeness (QED) is 0.615. The van der Waals surface area contributed by atoms with Crippen LogP contribution in [0, 0.1) is 6.92 Å². The zero-order valence-electron chi connectivity index (χ0n) is 15.2. The van der Waals surface area contributed by atoms with Crippen molar-refractivity contribution in [2.45, 2.75) is 18.2 Å². The third-order valence-electron chi connectivity index (χ3n) is 4.03. The second-order valence-corrected chi connectivity index (χ2v) is 9.16. The van der Waals surface area contributed by atoms with E-state index in [1.807, 2.05) is 23.6 Å². The molecule has 9 heteroatoms. The zero-order chi connectivity index (χ0) is 20.3. The van der Waals surface area contributed by atoms with Gasteiger partial charge in [0.15, 0.2) is 0 Å². The van der Waals surface area contributed by atoms with Crippen molar-refractivity contribution in [1.29, 1.82) is 0 Å². The van der Waals surface area contributed by atoms with Crippen LogP contribution in [0.2, 0.25) is 5.02 Å². The van der Waals surface area contributed by atoms with E-state index in [9.17, 15) is 13.2 Å². The number of nitrogens with zero attached hydrogens (tertiary/aromatic N) is 1. The smallest absolute Gasteiger partial charge is 0.240 e. The molecule has 2 aromatic carbocycles. The van der Waals surface area contributed by atoms with Crippen molar-refractivity contribution in [1.82, 2.24) is 9.71 Å². The van der Waals surface area contributed by atoms with Crippen LogP contribution >= 0.6 is 22.9 Å². The van der Waals surface area contributed by atoms with Crippen molar-refractivity contribution in [3.05, 3.63) is 64.1 Å². The summed E-state index contributed by atoms with van der Waals surface area (Å²) >= 11 is 7.60. The Morgan fingerprint density at radius 1 is 1.21 bits per heavy atom. The van der Waals surface area contributed by atoms with E-state index in [0.717, 1.165) is 10.6 Å². The number of benzene rings is 2. The van der Waals surface area contributed by atoms with Crippen molar-refractivity contribution in [2.75, 3.05) is 12.4 Å². The first-order valence-electron chi connectivity index (χ1n) is 8.33. The van der Waals surface area contributed by atoms with Crippen LogP contribution in [0.25, 0.3) is 10.6 Å². The van der Waals surface area contributed by atoms with Crippen molar-refractivity contribution in [2.24, 2.45) is 0 Å².